The average molecular weight is 276 g/mol. The minimum atomic E-state index is 0.793. The Hall–Kier alpha value is -1.32. The van der Waals surface area contributed by atoms with Gasteiger partial charge in [0.05, 0.1) is 0 Å². The highest BCUT2D eigenvalue weighted by Crippen LogP contribution is 2.28. The predicted molar refractivity (Wildman–Crippen MR) is 85.2 cm³/mol. The van der Waals surface area contributed by atoms with Gasteiger partial charge in [0.1, 0.15) is 17.5 Å². The topological polar surface area (TPSA) is 49.8 Å². The normalized spacial score (nSPS) is 22.6. The van der Waals surface area contributed by atoms with Crippen LogP contribution in [0.5, 0.6) is 0 Å². The summed E-state index contributed by atoms with van der Waals surface area (Å²) in [7, 11) is 0. The number of rotatable bonds is 6. The second-order valence-electron chi connectivity index (χ2n) is 6.13. The van der Waals surface area contributed by atoms with Gasteiger partial charge in [-0.3, -0.25) is 0 Å². The van der Waals surface area contributed by atoms with E-state index in [1.807, 2.05) is 13.0 Å². The Morgan fingerprint density at radius 2 is 1.95 bits per heavy atom. The first kappa shape index (κ1) is 15.1. The van der Waals surface area contributed by atoms with Gasteiger partial charge in [-0.05, 0) is 38.0 Å². The lowest BCUT2D eigenvalue weighted by atomic mass is 9.82. The van der Waals surface area contributed by atoms with Crippen LogP contribution in [-0.2, 0) is 0 Å². The molecule has 0 amide bonds. The van der Waals surface area contributed by atoms with Gasteiger partial charge in [-0.1, -0.05) is 26.7 Å². The summed E-state index contributed by atoms with van der Waals surface area (Å²) in [5.74, 6) is 4.38. The number of hydrogen-bond acceptors (Lipinski definition) is 4. The maximum Gasteiger partial charge on any atom is 0.131 e. The van der Waals surface area contributed by atoms with Crippen LogP contribution >= 0.6 is 0 Å². The predicted octanol–water partition coefficient (Wildman–Crippen LogP) is 3.85. The van der Waals surface area contributed by atoms with Crippen molar-refractivity contribution in [1.82, 2.24) is 9.97 Å². The Morgan fingerprint density at radius 3 is 2.65 bits per heavy atom. The van der Waals surface area contributed by atoms with Crippen molar-refractivity contribution in [2.45, 2.75) is 52.9 Å². The first-order valence-corrected chi connectivity index (χ1v) is 8.00. The molecule has 0 radical (unpaired) electrons. The van der Waals surface area contributed by atoms with Gasteiger partial charge >= 0.3 is 0 Å². The fourth-order valence-electron chi connectivity index (χ4n) is 3.00. The van der Waals surface area contributed by atoms with Crippen molar-refractivity contribution < 1.29 is 0 Å². The lowest BCUT2D eigenvalue weighted by molar-refractivity contribution is 0.293. The van der Waals surface area contributed by atoms with Crippen molar-refractivity contribution in [1.29, 1.82) is 0 Å². The van der Waals surface area contributed by atoms with Crippen LogP contribution < -0.4 is 10.6 Å². The van der Waals surface area contributed by atoms with Crippen LogP contribution in [0.3, 0.4) is 0 Å². The van der Waals surface area contributed by atoms with E-state index < -0.39 is 0 Å². The fourth-order valence-corrected chi connectivity index (χ4v) is 3.00. The highest BCUT2D eigenvalue weighted by atomic mass is 15.1. The highest BCUT2D eigenvalue weighted by molar-refractivity contribution is 5.47. The van der Waals surface area contributed by atoms with Gasteiger partial charge in [-0.25, -0.2) is 9.97 Å². The van der Waals surface area contributed by atoms with Crippen LogP contribution in [0, 0.1) is 18.8 Å². The number of nitrogens with one attached hydrogen (secondary N) is 2. The standard InChI is InChI=1S/C16H28N4/c1-4-8-17-15-10-16(20-13(3)19-15)18-11-14-7-5-6-12(2)9-14/h10,12,14H,4-9,11H2,1-3H3,(H2,17,18,19,20). The Labute approximate surface area is 122 Å². The summed E-state index contributed by atoms with van der Waals surface area (Å²) >= 11 is 0. The molecule has 0 spiro atoms. The molecule has 1 fully saturated rings. The summed E-state index contributed by atoms with van der Waals surface area (Å²) in [6, 6.07) is 2.02. The summed E-state index contributed by atoms with van der Waals surface area (Å²) in [5.41, 5.74) is 0. The van der Waals surface area contributed by atoms with Crippen LogP contribution in [0.25, 0.3) is 0 Å². The number of aryl methyl sites for hydroxylation is 1. The van der Waals surface area contributed by atoms with E-state index in [0.29, 0.717) is 0 Å². The zero-order chi connectivity index (χ0) is 14.4. The van der Waals surface area contributed by atoms with Crippen LogP contribution in [0.4, 0.5) is 11.6 Å². The van der Waals surface area contributed by atoms with E-state index in [1.54, 1.807) is 0 Å². The lowest BCUT2D eigenvalue weighted by Crippen LogP contribution is -2.21. The first-order chi connectivity index (χ1) is 9.67. The molecule has 0 saturated heterocycles. The summed E-state index contributed by atoms with van der Waals surface area (Å²) < 4.78 is 0. The van der Waals surface area contributed by atoms with Gasteiger partial charge in [-0.15, -0.1) is 0 Å². The molecule has 2 unspecified atom stereocenters. The van der Waals surface area contributed by atoms with Crippen LogP contribution in [-0.4, -0.2) is 23.1 Å². The van der Waals surface area contributed by atoms with E-state index in [-0.39, 0.29) is 0 Å². The lowest BCUT2D eigenvalue weighted by Gasteiger charge is -2.27. The Bertz CT molecular complexity index is 419. The minimum absolute atomic E-state index is 0.793. The van der Waals surface area contributed by atoms with E-state index >= 15 is 0 Å². The van der Waals surface area contributed by atoms with Crippen molar-refractivity contribution in [3.63, 3.8) is 0 Å². The van der Waals surface area contributed by atoms with Crippen LogP contribution in [0.1, 0.15) is 51.8 Å². The molecule has 1 aliphatic rings. The molecule has 1 aliphatic carbocycles. The van der Waals surface area contributed by atoms with Gasteiger partial charge in [0.25, 0.3) is 0 Å². The van der Waals surface area contributed by atoms with Gasteiger partial charge in [0, 0.05) is 19.2 Å². The fraction of sp³-hybridized carbons (Fsp3) is 0.750. The molecular formula is C16H28N4. The van der Waals surface area contributed by atoms with Crippen molar-refractivity contribution in [3.05, 3.63) is 11.9 Å². The van der Waals surface area contributed by atoms with Crippen molar-refractivity contribution in [2.24, 2.45) is 11.8 Å². The largest absolute Gasteiger partial charge is 0.370 e. The second kappa shape index (κ2) is 7.46. The third-order valence-corrected chi connectivity index (χ3v) is 4.01. The number of nitrogens with zero attached hydrogens (tertiary/aromatic N) is 2. The van der Waals surface area contributed by atoms with Gasteiger partial charge in [-0.2, -0.15) is 0 Å². The van der Waals surface area contributed by atoms with Crippen molar-refractivity contribution >= 4 is 11.6 Å². The summed E-state index contributed by atoms with van der Waals surface area (Å²) in [4.78, 5) is 8.90. The molecular weight excluding hydrogens is 248 g/mol. The monoisotopic (exact) mass is 276 g/mol. The molecule has 1 heterocycles. The van der Waals surface area contributed by atoms with E-state index in [9.17, 15) is 0 Å². The van der Waals surface area contributed by atoms with Crippen LogP contribution in [0.15, 0.2) is 6.07 Å². The second-order valence-corrected chi connectivity index (χ2v) is 6.13. The van der Waals surface area contributed by atoms with Crippen molar-refractivity contribution in [3.8, 4) is 0 Å². The highest BCUT2D eigenvalue weighted by Gasteiger charge is 2.18. The molecule has 1 aromatic rings. The van der Waals surface area contributed by atoms with E-state index in [2.05, 4.69) is 34.4 Å². The molecule has 1 aromatic heterocycles. The molecule has 4 nitrogen and oxygen atoms in total. The number of hydrogen-bond donors (Lipinski definition) is 2. The summed E-state index contributed by atoms with van der Waals surface area (Å²) in [6.45, 7) is 8.47. The zero-order valence-corrected chi connectivity index (χ0v) is 13.1. The molecule has 2 N–H and O–H groups in total. The molecule has 2 atom stereocenters. The Morgan fingerprint density at radius 1 is 1.20 bits per heavy atom. The minimum Gasteiger partial charge on any atom is -0.370 e. The summed E-state index contributed by atoms with van der Waals surface area (Å²) in [5, 5.41) is 6.83. The maximum absolute atomic E-state index is 4.48. The van der Waals surface area contributed by atoms with Crippen LogP contribution in [0.2, 0.25) is 0 Å². The smallest absolute Gasteiger partial charge is 0.131 e. The molecule has 4 heteroatoms. The maximum atomic E-state index is 4.48. The molecule has 1 saturated carbocycles. The van der Waals surface area contributed by atoms with Gasteiger partial charge < -0.3 is 10.6 Å². The van der Waals surface area contributed by atoms with E-state index in [1.165, 1.54) is 25.7 Å². The molecule has 0 aromatic carbocycles. The third-order valence-electron chi connectivity index (χ3n) is 4.01. The third kappa shape index (κ3) is 4.66. The Kier molecular flexibility index (Phi) is 5.62. The summed E-state index contributed by atoms with van der Waals surface area (Å²) in [6.07, 6.45) is 6.57. The molecule has 20 heavy (non-hydrogen) atoms. The molecule has 0 aliphatic heterocycles. The average Bonchev–Trinajstić information content (AvgIpc) is 2.42. The quantitative estimate of drug-likeness (QED) is 0.828. The molecule has 0 bridgehead atoms. The van der Waals surface area contributed by atoms with Gasteiger partial charge in [0.15, 0.2) is 0 Å². The number of anilines is 2. The van der Waals surface area contributed by atoms with E-state index in [4.69, 9.17) is 0 Å². The first-order valence-electron chi connectivity index (χ1n) is 8.00. The van der Waals surface area contributed by atoms with Crippen molar-refractivity contribution in [2.75, 3.05) is 23.7 Å². The van der Waals surface area contributed by atoms with Gasteiger partial charge in [0.2, 0.25) is 0 Å². The molecule has 2 rings (SSSR count). The zero-order valence-electron chi connectivity index (χ0n) is 13.1. The molecule has 112 valence electrons. The van der Waals surface area contributed by atoms with E-state index in [0.717, 1.165) is 48.8 Å². The SMILES string of the molecule is CCCNc1cc(NCC2CCCC(C)C2)nc(C)n1. The Balaban J connectivity index is 1.89. The number of aromatic nitrogens is 2.